The van der Waals surface area contributed by atoms with Gasteiger partial charge < -0.3 is 15.8 Å². The van der Waals surface area contributed by atoms with Crippen LogP contribution in [0.2, 0.25) is 0 Å². The molecule has 1 amide bonds. The fourth-order valence-corrected chi connectivity index (χ4v) is 1.42. The summed E-state index contributed by atoms with van der Waals surface area (Å²) in [5.74, 6) is 0.114. The molecule has 1 atom stereocenters. The first-order valence-corrected chi connectivity index (χ1v) is 5.14. The molecule has 0 saturated heterocycles. The lowest BCUT2D eigenvalue weighted by atomic mass is 10.1. The predicted molar refractivity (Wildman–Crippen MR) is 54.8 cm³/mol. The summed E-state index contributed by atoms with van der Waals surface area (Å²) >= 11 is 0. The van der Waals surface area contributed by atoms with Gasteiger partial charge in [-0.3, -0.25) is 4.79 Å². The van der Waals surface area contributed by atoms with Gasteiger partial charge in [0.15, 0.2) is 0 Å². The molecule has 1 rings (SSSR count). The van der Waals surface area contributed by atoms with E-state index in [2.05, 4.69) is 5.32 Å². The zero-order valence-electron chi connectivity index (χ0n) is 9.01. The maximum absolute atomic E-state index is 11.7. The summed E-state index contributed by atoms with van der Waals surface area (Å²) < 4.78 is 4.95. The van der Waals surface area contributed by atoms with E-state index >= 15 is 0 Å². The number of carbonyl (C=O) groups excluding carboxylic acids is 1. The lowest BCUT2D eigenvalue weighted by Crippen LogP contribution is -2.41. The fraction of sp³-hybridized carbons (Fsp3) is 0.900. The van der Waals surface area contributed by atoms with Crippen molar-refractivity contribution in [2.24, 2.45) is 11.1 Å². The average Bonchev–Trinajstić information content (AvgIpc) is 2.95. The molecule has 0 aromatic carbocycles. The van der Waals surface area contributed by atoms with Gasteiger partial charge in [0, 0.05) is 26.3 Å². The monoisotopic (exact) mass is 200 g/mol. The molecule has 14 heavy (non-hydrogen) atoms. The minimum Gasteiger partial charge on any atom is -0.385 e. The Labute approximate surface area is 85.2 Å². The quantitative estimate of drug-likeness (QED) is 0.646. The van der Waals surface area contributed by atoms with Gasteiger partial charge in [-0.05, 0) is 26.2 Å². The van der Waals surface area contributed by atoms with Crippen LogP contribution in [0.3, 0.4) is 0 Å². The van der Waals surface area contributed by atoms with Crippen LogP contribution < -0.4 is 11.1 Å². The van der Waals surface area contributed by atoms with Gasteiger partial charge in [-0.15, -0.1) is 0 Å². The second kappa shape index (κ2) is 4.75. The van der Waals surface area contributed by atoms with E-state index in [1.807, 2.05) is 6.92 Å². The van der Waals surface area contributed by atoms with Crippen LogP contribution in [0.25, 0.3) is 0 Å². The molecular weight excluding hydrogens is 180 g/mol. The Kier molecular flexibility index (Phi) is 3.89. The van der Waals surface area contributed by atoms with Gasteiger partial charge in [-0.25, -0.2) is 0 Å². The smallest absolute Gasteiger partial charge is 0.227 e. The average molecular weight is 200 g/mol. The number of ether oxygens (including phenoxy) is 1. The van der Waals surface area contributed by atoms with Gasteiger partial charge in [-0.1, -0.05) is 0 Å². The molecule has 1 aliphatic rings. The highest BCUT2D eigenvalue weighted by molar-refractivity contribution is 5.85. The van der Waals surface area contributed by atoms with Gasteiger partial charge in [-0.2, -0.15) is 0 Å². The van der Waals surface area contributed by atoms with E-state index in [-0.39, 0.29) is 17.4 Å². The first kappa shape index (κ1) is 11.5. The molecule has 1 aliphatic carbocycles. The molecule has 0 aromatic rings. The van der Waals surface area contributed by atoms with Crippen LogP contribution in [0.4, 0.5) is 0 Å². The SMILES string of the molecule is COCCC(C)NC(=O)C1(CN)CC1. The third-order valence-corrected chi connectivity index (χ3v) is 2.86. The Morgan fingerprint density at radius 2 is 2.29 bits per heavy atom. The normalized spacial score (nSPS) is 20.2. The molecule has 0 bridgehead atoms. The van der Waals surface area contributed by atoms with Gasteiger partial charge in [0.05, 0.1) is 5.41 Å². The van der Waals surface area contributed by atoms with Crippen molar-refractivity contribution in [1.82, 2.24) is 5.32 Å². The molecule has 1 fully saturated rings. The second-order valence-electron chi connectivity index (χ2n) is 4.14. The Hall–Kier alpha value is -0.610. The number of amides is 1. The van der Waals surface area contributed by atoms with Crippen LogP contribution in [0.5, 0.6) is 0 Å². The highest BCUT2D eigenvalue weighted by atomic mass is 16.5. The molecule has 0 spiro atoms. The number of nitrogens with one attached hydrogen (secondary N) is 1. The van der Waals surface area contributed by atoms with Crippen LogP contribution >= 0.6 is 0 Å². The van der Waals surface area contributed by atoms with Crippen LogP contribution in [-0.4, -0.2) is 32.2 Å². The summed E-state index contributed by atoms with van der Waals surface area (Å²) in [7, 11) is 1.66. The van der Waals surface area contributed by atoms with E-state index in [1.54, 1.807) is 7.11 Å². The van der Waals surface area contributed by atoms with Gasteiger partial charge in [0.25, 0.3) is 0 Å². The summed E-state index contributed by atoms with van der Waals surface area (Å²) in [5.41, 5.74) is 5.33. The zero-order chi connectivity index (χ0) is 10.6. The summed E-state index contributed by atoms with van der Waals surface area (Å²) in [6.07, 6.45) is 2.72. The molecule has 1 saturated carbocycles. The molecule has 4 heteroatoms. The van der Waals surface area contributed by atoms with Crippen LogP contribution in [-0.2, 0) is 9.53 Å². The first-order chi connectivity index (χ1) is 6.64. The van der Waals surface area contributed by atoms with E-state index in [0.717, 1.165) is 19.3 Å². The number of methoxy groups -OCH3 is 1. The topological polar surface area (TPSA) is 64.3 Å². The molecule has 3 N–H and O–H groups in total. The van der Waals surface area contributed by atoms with E-state index in [4.69, 9.17) is 10.5 Å². The van der Waals surface area contributed by atoms with Crippen molar-refractivity contribution in [1.29, 1.82) is 0 Å². The van der Waals surface area contributed by atoms with Gasteiger partial charge in [0.1, 0.15) is 0 Å². The third-order valence-electron chi connectivity index (χ3n) is 2.86. The largest absolute Gasteiger partial charge is 0.385 e. The lowest BCUT2D eigenvalue weighted by molar-refractivity contribution is -0.126. The summed E-state index contributed by atoms with van der Waals surface area (Å²) in [6, 6.07) is 0.173. The van der Waals surface area contributed by atoms with E-state index in [9.17, 15) is 4.79 Å². The van der Waals surface area contributed by atoms with Crippen LogP contribution in [0, 0.1) is 5.41 Å². The molecule has 1 unspecified atom stereocenters. The van der Waals surface area contributed by atoms with Crippen molar-refractivity contribution in [2.75, 3.05) is 20.3 Å². The summed E-state index contributed by atoms with van der Waals surface area (Å²) in [4.78, 5) is 11.7. The van der Waals surface area contributed by atoms with Gasteiger partial charge in [0.2, 0.25) is 5.91 Å². The molecule has 0 radical (unpaired) electrons. The number of hydrogen-bond acceptors (Lipinski definition) is 3. The summed E-state index contributed by atoms with van der Waals surface area (Å²) in [5, 5.41) is 2.97. The van der Waals surface area contributed by atoms with Crippen LogP contribution in [0.1, 0.15) is 26.2 Å². The maximum Gasteiger partial charge on any atom is 0.227 e. The molecule has 82 valence electrons. The van der Waals surface area contributed by atoms with Crippen molar-refractivity contribution in [2.45, 2.75) is 32.2 Å². The van der Waals surface area contributed by atoms with E-state index < -0.39 is 0 Å². The predicted octanol–water partition coefficient (Wildman–Crippen LogP) is 0.267. The molecular formula is C10H20N2O2. The molecule has 4 nitrogen and oxygen atoms in total. The highest BCUT2D eigenvalue weighted by Gasteiger charge is 2.48. The number of hydrogen-bond donors (Lipinski definition) is 2. The van der Waals surface area contributed by atoms with Crippen molar-refractivity contribution in [3.05, 3.63) is 0 Å². The van der Waals surface area contributed by atoms with E-state index in [1.165, 1.54) is 0 Å². The number of nitrogens with two attached hydrogens (primary N) is 1. The second-order valence-corrected chi connectivity index (χ2v) is 4.14. The Morgan fingerprint density at radius 1 is 1.64 bits per heavy atom. The first-order valence-electron chi connectivity index (χ1n) is 5.14. The van der Waals surface area contributed by atoms with Crippen molar-refractivity contribution < 1.29 is 9.53 Å². The minimum absolute atomic E-state index is 0.114. The number of carbonyl (C=O) groups is 1. The van der Waals surface area contributed by atoms with Crippen LogP contribution in [0.15, 0.2) is 0 Å². The van der Waals surface area contributed by atoms with Gasteiger partial charge >= 0.3 is 0 Å². The Bertz CT molecular complexity index is 202. The summed E-state index contributed by atoms with van der Waals surface area (Å²) in [6.45, 7) is 3.14. The number of rotatable bonds is 6. The van der Waals surface area contributed by atoms with Crippen molar-refractivity contribution >= 4 is 5.91 Å². The van der Waals surface area contributed by atoms with Crippen molar-refractivity contribution in [3.8, 4) is 0 Å². The molecule has 0 aliphatic heterocycles. The standard InChI is InChI=1S/C10H20N2O2/c1-8(3-6-14-2)12-9(13)10(7-11)4-5-10/h8H,3-7,11H2,1-2H3,(H,12,13). The molecule has 0 aromatic heterocycles. The van der Waals surface area contributed by atoms with Crippen molar-refractivity contribution in [3.63, 3.8) is 0 Å². The minimum atomic E-state index is -0.235. The Morgan fingerprint density at radius 3 is 2.71 bits per heavy atom. The zero-order valence-corrected chi connectivity index (χ0v) is 9.01. The fourth-order valence-electron chi connectivity index (χ4n) is 1.42. The maximum atomic E-state index is 11.7. The Balaban J connectivity index is 2.26. The highest BCUT2D eigenvalue weighted by Crippen LogP contribution is 2.44. The molecule has 0 heterocycles. The van der Waals surface area contributed by atoms with E-state index in [0.29, 0.717) is 13.2 Å². The third kappa shape index (κ3) is 2.69. The lowest BCUT2D eigenvalue weighted by Gasteiger charge is -2.18.